The highest BCUT2D eigenvalue weighted by molar-refractivity contribution is 5.80. The van der Waals surface area contributed by atoms with Crippen molar-refractivity contribution in [2.75, 3.05) is 0 Å². The van der Waals surface area contributed by atoms with Crippen LogP contribution in [-0.4, -0.2) is 29.9 Å². The zero-order chi connectivity index (χ0) is 32.9. The van der Waals surface area contributed by atoms with Gasteiger partial charge in [-0.25, -0.2) is 15.0 Å². The average Bonchev–Trinajstić information content (AvgIpc) is 3.18. The van der Waals surface area contributed by atoms with E-state index in [0.29, 0.717) is 50.9 Å². The Balaban J connectivity index is 1.38. The van der Waals surface area contributed by atoms with Gasteiger partial charge >= 0.3 is 0 Å². The molecule has 222 valence electrons. The normalized spacial score (nSPS) is 10.4. The lowest BCUT2D eigenvalue weighted by molar-refractivity contribution is 1.25. The summed E-state index contributed by atoms with van der Waals surface area (Å²) in [4.78, 5) is 27.5. The Morgan fingerprint density at radius 2 is 0.604 bits per heavy atom. The summed E-state index contributed by atoms with van der Waals surface area (Å²) in [6.07, 6.45) is 9.61. The average molecular weight is 616 g/mol. The molecule has 9 nitrogen and oxygen atoms in total. The fraction of sp³-hybridized carbons (Fsp3) is 0. The molecule has 0 bridgehead atoms. The maximum absolute atomic E-state index is 9.40. The first-order chi connectivity index (χ1) is 23.6. The van der Waals surface area contributed by atoms with Gasteiger partial charge in [0.25, 0.3) is 0 Å². The number of nitrogens with zero attached hydrogens (tertiary/aromatic N) is 9. The Bertz CT molecular complexity index is 2180. The minimum Gasteiger partial charge on any atom is -0.263 e. The van der Waals surface area contributed by atoms with Gasteiger partial charge in [-0.2, -0.15) is 15.8 Å². The van der Waals surface area contributed by atoms with Crippen molar-refractivity contribution in [3.8, 4) is 85.8 Å². The van der Waals surface area contributed by atoms with Crippen molar-refractivity contribution in [2.45, 2.75) is 0 Å². The predicted octanol–water partition coefficient (Wildman–Crippen LogP) is 7.67. The van der Waals surface area contributed by atoms with E-state index in [9.17, 15) is 15.8 Å². The maximum Gasteiger partial charge on any atom is 0.101 e. The molecule has 0 radical (unpaired) electrons. The van der Waals surface area contributed by atoms with E-state index >= 15 is 0 Å². The van der Waals surface area contributed by atoms with E-state index in [1.54, 1.807) is 36.8 Å². The summed E-state index contributed by atoms with van der Waals surface area (Å²) in [6.45, 7) is 0. The van der Waals surface area contributed by atoms with Crippen molar-refractivity contribution >= 4 is 0 Å². The Hall–Kier alpha value is -7.41. The van der Waals surface area contributed by atoms with Crippen molar-refractivity contribution < 1.29 is 0 Å². The van der Waals surface area contributed by atoms with Crippen molar-refractivity contribution in [1.29, 1.82) is 15.8 Å². The van der Waals surface area contributed by atoms with Crippen LogP contribution in [0.1, 0.15) is 16.7 Å². The molecule has 0 saturated heterocycles. The Morgan fingerprint density at radius 3 is 0.875 bits per heavy atom. The van der Waals surface area contributed by atoms with Gasteiger partial charge in [0, 0.05) is 70.6 Å². The monoisotopic (exact) mass is 615 g/mol. The smallest absolute Gasteiger partial charge is 0.101 e. The van der Waals surface area contributed by atoms with E-state index in [4.69, 9.17) is 15.0 Å². The summed E-state index contributed by atoms with van der Waals surface area (Å²) in [7, 11) is 0. The molecule has 0 saturated carbocycles. The van der Waals surface area contributed by atoms with Crippen LogP contribution in [0.5, 0.6) is 0 Å². The molecule has 48 heavy (non-hydrogen) atoms. The van der Waals surface area contributed by atoms with E-state index in [0.717, 1.165) is 33.4 Å². The van der Waals surface area contributed by atoms with Crippen molar-refractivity contribution in [3.05, 3.63) is 145 Å². The molecule has 0 spiro atoms. The highest BCUT2D eigenvalue weighted by atomic mass is 14.8. The molecule has 7 aromatic rings. The molecule has 0 aliphatic rings. The maximum atomic E-state index is 9.40. The van der Waals surface area contributed by atoms with E-state index in [1.807, 2.05) is 72.8 Å². The summed E-state index contributed by atoms with van der Waals surface area (Å²) in [5, 5.41) is 28.2. The van der Waals surface area contributed by atoms with Gasteiger partial charge in [0.1, 0.15) is 18.2 Å². The molecule has 0 aliphatic heterocycles. The number of rotatable bonds is 6. The molecule has 6 aromatic heterocycles. The van der Waals surface area contributed by atoms with Crippen LogP contribution in [0.3, 0.4) is 0 Å². The second kappa shape index (κ2) is 12.9. The van der Waals surface area contributed by atoms with Crippen LogP contribution in [0, 0.1) is 34.0 Å². The summed E-state index contributed by atoms with van der Waals surface area (Å²) in [5.74, 6) is 0. The van der Waals surface area contributed by atoms with Gasteiger partial charge in [0.15, 0.2) is 0 Å². The van der Waals surface area contributed by atoms with Crippen LogP contribution in [0.15, 0.2) is 128 Å². The molecular weight excluding hydrogens is 594 g/mol. The second-order valence-electron chi connectivity index (χ2n) is 10.7. The van der Waals surface area contributed by atoms with Crippen molar-refractivity contribution in [1.82, 2.24) is 29.9 Å². The lowest BCUT2D eigenvalue weighted by Crippen LogP contribution is -1.94. The number of nitriles is 3. The topological polar surface area (TPSA) is 149 Å². The fourth-order valence-electron chi connectivity index (χ4n) is 5.26. The first kappa shape index (κ1) is 29.3. The summed E-state index contributed by atoms with van der Waals surface area (Å²) in [6, 6.07) is 35.0. The molecule has 0 N–H and O–H groups in total. The molecule has 0 aliphatic carbocycles. The molecule has 0 atom stereocenters. The third-order valence-corrected chi connectivity index (χ3v) is 7.56. The fourth-order valence-corrected chi connectivity index (χ4v) is 5.26. The number of pyridine rings is 6. The molecule has 7 rings (SSSR count). The zero-order valence-electron chi connectivity index (χ0n) is 25.1. The Morgan fingerprint density at radius 1 is 0.333 bits per heavy atom. The number of hydrogen-bond acceptors (Lipinski definition) is 9. The zero-order valence-corrected chi connectivity index (χ0v) is 25.1. The van der Waals surface area contributed by atoms with Crippen molar-refractivity contribution in [2.24, 2.45) is 0 Å². The number of benzene rings is 1. The van der Waals surface area contributed by atoms with Gasteiger partial charge < -0.3 is 0 Å². The van der Waals surface area contributed by atoms with E-state index in [1.165, 1.54) is 18.6 Å². The summed E-state index contributed by atoms with van der Waals surface area (Å²) in [5.41, 5.74) is 10.2. The van der Waals surface area contributed by atoms with Gasteiger partial charge in [-0.3, -0.25) is 15.0 Å². The first-order valence-electron chi connectivity index (χ1n) is 14.7. The number of aromatic nitrogens is 6. The SMILES string of the molecule is N#Cc1cncc(-c2cccc(-c3cc(-c4cccc(-c5cncc(C#N)c5)n4)cc(-c4cccc(-c5cncc(C#N)c5)n4)c3)n2)c1. The van der Waals surface area contributed by atoms with Gasteiger partial charge in [-0.05, 0) is 72.8 Å². The second-order valence-corrected chi connectivity index (χ2v) is 10.7. The van der Waals surface area contributed by atoms with Crippen LogP contribution in [0.25, 0.3) is 67.5 Å². The number of hydrogen-bond donors (Lipinski definition) is 0. The van der Waals surface area contributed by atoms with Gasteiger partial charge in [-0.15, -0.1) is 0 Å². The third-order valence-electron chi connectivity index (χ3n) is 7.56. The first-order valence-corrected chi connectivity index (χ1v) is 14.7. The Kier molecular flexibility index (Phi) is 7.88. The van der Waals surface area contributed by atoms with Crippen LogP contribution in [-0.2, 0) is 0 Å². The quantitative estimate of drug-likeness (QED) is 0.184. The van der Waals surface area contributed by atoms with Gasteiger partial charge in [0.05, 0.1) is 50.9 Å². The van der Waals surface area contributed by atoms with Crippen LogP contribution >= 0.6 is 0 Å². The van der Waals surface area contributed by atoms with E-state index < -0.39 is 0 Å². The lowest BCUT2D eigenvalue weighted by atomic mass is 9.98. The Labute approximate surface area is 275 Å². The minimum atomic E-state index is 0.451. The largest absolute Gasteiger partial charge is 0.263 e. The minimum absolute atomic E-state index is 0.451. The van der Waals surface area contributed by atoms with Crippen molar-refractivity contribution in [3.63, 3.8) is 0 Å². The van der Waals surface area contributed by atoms with E-state index in [-0.39, 0.29) is 0 Å². The molecule has 0 fully saturated rings. The molecule has 9 heteroatoms. The predicted molar refractivity (Wildman–Crippen MR) is 180 cm³/mol. The summed E-state index contributed by atoms with van der Waals surface area (Å²) < 4.78 is 0. The van der Waals surface area contributed by atoms with Crippen LogP contribution in [0.2, 0.25) is 0 Å². The van der Waals surface area contributed by atoms with Gasteiger partial charge in [0.2, 0.25) is 0 Å². The van der Waals surface area contributed by atoms with Crippen LogP contribution < -0.4 is 0 Å². The lowest BCUT2D eigenvalue weighted by Gasteiger charge is -2.12. The highest BCUT2D eigenvalue weighted by Gasteiger charge is 2.14. The molecular formula is C39H21N9. The molecule has 1 aromatic carbocycles. The summed E-state index contributed by atoms with van der Waals surface area (Å²) >= 11 is 0. The molecule has 0 unspecified atom stereocenters. The van der Waals surface area contributed by atoms with Crippen LogP contribution in [0.4, 0.5) is 0 Å². The third kappa shape index (κ3) is 6.09. The molecule has 0 amide bonds. The van der Waals surface area contributed by atoms with E-state index in [2.05, 4.69) is 33.2 Å². The van der Waals surface area contributed by atoms with Gasteiger partial charge in [-0.1, -0.05) is 18.2 Å². The molecule has 6 heterocycles. The highest BCUT2D eigenvalue weighted by Crippen LogP contribution is 2.34. The standard InChI is InChI=1S/C39H21N9/c40-16-25-10-31(22-43-19-25)37-7-1-4-34(46-37)28-13-29(35-5-2-8-38(47-35)32-11-26(17-41)20-44-23-32)15-30(14-28)36-6-3-9-39(48-36)33-12-27(18-42)21-45-24-33/h1-15,19-24H.